The molecule has 19 heavy (non-hydrogen) atoms. The van der Waals surface area contributed by atoms with E-state index in [9.17, 15) is 0 Å². The van der Waals surface area contributed by atoms with Crippen molar-refractivity contribution in [2.24, 2.45) is 10.9 Å². The molecule has 0 aliphatic carbocycles. The lowest BCUT2D eigenvalue weighted by Crippen LogP contribution is -2.39. The standard InChI is InChI=1S/C14H29N3O2/c1-4-15-14(17-10-12(2)3)16-7-9-18-11-13-6-5-8-19-13/h12-13H,4-11H2,1-3H3,(H2,15,16,17). The van der Waals surface area contributed by atoms with Gasteiger partial charge < -0.3 is 20.1 Å². The molecule has 1 saturated heterocycles. The monoisotopic (exact) mass is 271 g/mol. The summed E-state index contributed by atoms with van der Waals surface area (Å²) in [6.07, 6.45) is 2.60. The Kier molecular flexibility index (Phi) is 8.58. The minimum absolute atomic E-state index is 0.308. The molecular weight excluding hydrogens is 242 g/mol. The second-order valence-electron chi connectivity index (χ2n) is 5.25. The Bertz CT molecular complexity index is 251. The van der Waals surface area contributed by atoms with Crippen molar-refractivity contribution in [2.45, 2.75) is 39.7 Å². The molecule has 0 radical (unpaired) electrons. The van der Waals surface area contributed by atoms with Crippen LogP contribution in [0.5, 0.6) is 0 Å². The topological polar surface area (TPSA) is 54.9 Å². The molecule has 2 N–H and O–H groups in total. The maximum atomic E-state index is 5.60. The SMILES string of the molecule is CCNC(=NCC(C)C)NCCOCC1CCCO1. The number of hydrogen-bond acceptors (Lipinski definition) is 3. The molecule has 1 fully saturated rings. The smallest absolute Gasteiger partial charge is 0.191 e. The maximum Gasteiger partial charge on any atom is 0.191 e. The first kappa shape index (κ1) is 16.2. The van der Waals surface area contributed by atoms with Crippen LogP contribution in [0.3, 0.4) is 0 Å². The van der Waals surface area contributed by atoms with Crippen molar-refractivity contribution in [3.05, 3.63) is 0 Å². The van der Waals surface area contributed by atoms with Gasteiger partial charge in [0.2, 0.25) is 0 Å². The first-order valence-electron chi connectivity index (χ1n) is 7.44. The van der Waals surface area contributed by atoms with Gasteiger partial charge in [0.05, 0.1) is 19.3 Å². The Morgan fingerprint density at radius 1 is 1.42 bits per heavy atom. The third-order valence-electron chi connectivity index (χ3n) is 2.83. The minimum atomic E-state index is 0.308. The molecule has 0 amide bonds. The average molecular weight is 271 g/mol. The first-order valence-corrected chi connectivity index (χ1v) is 7.44. The number of nitrogens with zero attached hydrogens (tertiary/aromatic N) is 1. The van der Waals surface area contributed by atoms with Crippen LogP contribution in [-0.2, 0) is 9.47 Å². The molecule has 5 nitrogen and oxygen atoms in total. The molecule has 0 aromatic carbocycles. The van der Waals surface area contributed by atoms with E-state index in [-0.39, 0.29) is 0 Å². The van der Waals surface area contributed by atoms with E-state index in [2.05, 4.69) is 36.4 Å². The van der Waals surface area contributed by atoms with Gasteiger partial charge in [-0.2, -0.15) is 0 Å². The fourth-order valence-corrected chi connectivity index (χ4v) is 1.85. The van der Waals surface area contributed by atoms with Gasteiger partial charge in [-0.25, -0.2) is 0 Å². The van der Waals surface area contributed by atoms with Crippen LogP contribution in [0.4, 0.5) is 0 Å². The van der Waals surface area contributed by atoms with Gasteiger partial charge in [0.25, 0.3) is 0 Å². The van der Waals surface area contributed by atoms with Crippen LogP contribution in [0.25, 0.3) is 0 Å². The highest BCUT2D eigenvalue weighted by Gasteiger charge is 2.14. The normalized spacial score (nSPS) is 20.0. The molecule has 5 heteroatoms. The van der Waals surface area contributed by atoms with Crippen molar-refractivity contribution in [1.82, 2.24) is 10.6 Å². The van der Waals surface area contributed by atoms with Crippen LogP contribution in [0, 0.1) is 5.92 Å². The zero-order valence-corrected chi connectivity index (χ0v) is 12.6. The second-order valence-corrected chi connectivity index (χ2v) is 5.25. The van der Waals surface area contributed by atoms with Gasteiger partial charge >= 0.3 is 0 Å². The highest BCUT2D eigenvalue weighted by Crippen LogP contribution is 2.11. The van der Waals surface area contributed by atoms with E-state index < -0.39 is 0 Å². The third kappa shape index (κ3) is 8.06. The first-order chi connectivity index (χ1) is 9.22. The van der Waals surface area contributed by atoms with Gasteiger partial charge in [0.1, 0.15) is 0 Å². The molecule has 1 unspecified atom stereocenters. The molecule has 0 aromatic heterocycles. The maximum absolute atomic E-state index is 5.60. The summed E-state index contributed by atoms with van der Waals surface area (Å²) >= 11 is 0. The van der Waals surface area contributed by atoms with Gasteiger partial charge in [-0.3, -0.25) is 4.99 Å². The van der Waals surface area contributed by atoms with Crippen molar-refractivity contribution in [2.75, 3.05) is 39.5 Å². The Morgan fingerprint density at radius 2 is 2.26 bits per heavy atom. The second kappa shape index (κ2) is 10.0. The summed E-state index contributed by atoms with van der Waals surface area (Å²) in [4.78, 5) is 4.50. The van der Waals surface area contributed by atoms with Crippen LogP contribution >= 0.6 is 0 Å². The van der Waals surface area contributed by atoms with E-state index in [0.29, 0.717) is 25.2 Å². The predicted molar refractivity (Wildman–Crippen MR) is 78.6 cm³/mol. The van der Waals surface area contributed by atoms with E-state index in [1.807, 2.05) is 0 Å². The molecule has 0 aromatic rings. The van der Waals surface area contributed by atoms with Crippen LogP contribution in [0.2, 0.25) is 0 Å². The van der Waals surface area contributed by atoms with Crippen molar-refractivity contribution in [1.29, 1.82) is 0 Å². The number of aliphatic imine (C=N–C) groups is 1. The zero-order valence-electron chi connectivity index (χ0n) is 12.6. The summed E-state index contributed by atoms with van der Waals surface area (Å²) in [7, 11) is 0. The summed E-state index contributed by atoms with van der Waals surface area (Å²) in [5.41, 5.74) is 0. The number of hydrogen-bond donors (Lipinski definition) is 2. The highest BCUT2D eigenvalue weighted by atomic mass is 16.5. The molecule has 0 saturated carbocycles. The Morgan fingerprint density at radius 3 is 2.89 bits per heavy atom. The zero-order chi connectivity index (χ0) is 13.9. The van der Waals surface area contributed by atoms with Gasteiger partial charge in [0.15, 0.2) is 5.96 Å². The molecule has 1 aliphatic heterocycles. The quantitative estimate of drug-likeness (QED) is 0.398. The number of rotatable bonds is 8. The molecule has 1 atom stereocenters. The summed E-state index contributed by atoms with van der Waals surface area (Å²) in [5, 5.41) is 6.50. The van der Waals surface area contributed by atoms with Crippen molar-refractivity contribution >= 4 is 5.96 Å². The van der Waals surface area contributed by atoms with Gasteiger partial charge in [-0.05, 0) is 25.7 Å². The van der Waals surface area contributed by atoms with Crippen molar-refractivity contribution < 1.29 is 9.47 Å². The minimum Gasteiger partial charge on any atom is -0.377 e. The molecular formula is C14H29N3O2. The predicted octanol–water partition coefficient (Wildman–Crippen LogP) is 1.39. The number of nitrogens with one attached hydrogen (secondary N) is 2. The van der Waals surface area contributed by atoms with Crippen molar-refractivity contribution in [3.8, 4) is 0 Å². The molecule has 1 aliphatic rings. The fourth-order valence-electron chi connectivity index (χ4n) is 1.85. The molecule has 112 valence electrons. The average Bonchev–Trinajstić information content (AvgIpc) is 2.88. The van der Waals surface area contributed by atoms with E-state index in [0.717, 1.165) is 38.6 Å². The lowest BCUT2D eigenvalue weighted by Gasteiger charge is -2.13. The lowest BCUT2D eigenvalue weighted by molar-refractivity contribution is 0.0191. The van der Waals surface area contributed by atoms with Gasteiger partial charge in [-0.1, -0.05) is 13.8 Å². The van der Waals surface area contributed by atoms with E-state index in [1.54, 1.807) is 0 Å². The molecule has 0 spiro atoms. The Balaban J connectivity index is 2.08. The van der Waals surface area contributed by atoms with Crippen LogP contribution < -0.4 is 10.6 Å². The van der Waals surface area contributed by atoms with E-state index in [4.69, 9.17) is 9.47 Å². The number of guanidine groups is 1. The third-order valence-corrected chi connectivity index (χ3v) is 2.83. The highest BCUT2D eigenvalue weighted by molar-refractivity contribution is 5.79. The van der Waals surface area contributed by atoms with Crippen molar-refractivity contribution in [3.63, 3.8) is 0 Å². The van der Waals surface area contributed by atoms with Gasteiger partial charge in [0, 0.05) is 26.2 Å². The largest absolute Gasteiger partial charge is 0.377 e. The summed E-state index contributed by atoms with van der Waals surface area (Å²) in [6.45, 7) is 11.2. The van der Waals surface area contributed by atoms with E-state index in [1.165, 1.54) is 6.42 Å². The summed E-state index contributed by atoms with van der Waals surface area (Å²) in [6, 6.07) is 0. The van der Waals surface area contributed by atoms with E-state index >= 15 is 0 Å². The number of ether oxygens (including phenoxy) is 2. The molecule has 1 heterocycles. The van der Waals surface area contributed by atoms with Gasteiger partial charge in [-0.15, -0.1) is 0 Å². The summed E-state index contributed by atoms with van der Waals surface area (Å²) in [5.74, 6) is 1.45. The van der Waals surface area contributed by atoms with Crippen LogP contribution in [-0.4, -0.2) is 51.5 Å². The Labute approximate surface area is 117 Å². The fraction of sp³-hybridized carbons (Fsp3) is 0.929. The van der Waals surface area contributed by atoms with Crippen LogP contribution in [0.15, 0.2) is 4.99 Å². The molecule has 0 bridgehead atoms. The van der Waals surface area contributed by atoms with Crippen LogP contribution in [0.1, 0.15) is 33.6 Å². The summed E-state index contributed by atoms with van der Waals surface area (Å²) < 4.78 is 11.1. The Hall–Kier alpha value is -0.810. The molecule has 1 rings (SSSR count). The lowest BCUT2D eigenvalue weighted by atomic mass is 10.2.